The summed E-state index contributed by atoms with van der Waals surface area (Å²) < 4.78 is 4.47. The van der Waals surface area contributed by atoms with Crippen LogP contribution in [0.2, 0.25) is 0 Å². The van der Waals surface area contributed by atoms with Gasteiger partial charge >= 0.3 is 5.65 Å². The second kappa shape index (κ2) is 3.19. The Labute approximate surface area is 112 Å². The highest BCUT2D eigenvalue weighted by atomic mass is 32.1. The molecule has 0 atom stereocenters. The Bertz CT molecular complexity index is 951. The summed E-state index contributed by atoms with van der Waals surface area (Å²) >= 11 is 1.75. The average molecular weight is 265 g/mol. The first-order chi connectivity index (χ1) is 9.42. The van der Waals surface area contributed by atoms with E-state index in [2.05, 4.69) is 26.2 Å². The molecule has 5 heterocycles. The Morgan fingerprint density at radius 1 is 1.21 bits per heavy atom. The molecule has 4 nitrogen and oxygen atoms in total. The second-order valence-corrected chi connectivity index (χ2v) is 5.64. The first-order valence-corrected chi connectivity index (χ1v) is 6.97. The van der Waals surface area contributed by atoms with Crippen LogP contribution in [0.25, 0.3) is 26.7 Å². The van der Waals surface area contributed by atoms with Gasteiger partial charge in [0.25, 0.3) is 0 Å². The number of rotatable bonds is 0. The van der Waals surface area contributed by atoms with Crippen LogP contribution in [-0.4, -0.2) is 14.4 Å². The maximum atomic E-state index is 4.69. The summed E-state index contributed by atoms with van der Waals surface area (Å²) in [7, 11) is 0. The van der Waals surface area contributed by atoms with Gasteiger partial charge < -0.3 is 0 Å². The van der Waals surface area contributed by atoms with Gasteiger partial charge in [-0.2, -0.15) is 9.38 Å². The van der Waals surface area contributed by atoms with E-state index in [1.807, 2.05) is 30.5 Å². The molecule has 0 saturated heterocycles. The van der Waals surface area contributed by atoms with Crippen LogP contribution >= 0.6 is 11.3 Å². The predicted octanol–water partition coefficient (Wildman–Crippen LogP) is 2.26. The van der Waals surface area contributed by atoms with Gasteiger partial charge in [-0.3, -0.25) is 4.98 Å². The molecule has 0 aromatic carbocycles. The predicted molar refractivity (Wildman–Crippen MR) is 73.1 cm³/mol. The molecule has 0 N–H and O–H groups in total. The van der Waals surface area contributed by atoms with Crippen molar-refractivity contribution in [2.75, 3.05) is 0 Å². The van der Waals surface area contributed by atoms with Crippen LogP contribution in [0.1, 0.15) is 5.69 Å². The summed E-state index contributed by atoms with van der Waals surface area (Å²) in [6, 6.07) is 10.2. The summed E-state index contributed by atoms with van der Waals surface area (Å²) in [6.07, 6.45) is 3.93. The monoisotopic (exact) mass is 265 g/mol. The lowest BCUT2D eigenvalue weighted by molar-refractivity contribution is -0.644. The van der Waals surface area contributed by atoms with Crippen LogP contribution in [-0.2, 0) is 6.54 Å². The van der Waals surface area contributed by atoms with E-state index in [1.54, 1.807) is 11.3 Å². The fourth-order valence-electron chi connectivity index (χ4n) is 2.77. The maximum absolute atomic E-state index is 4.69. The van der Waals surface area contributed by atoms with E-state index in [4.69, 9.17) is 4.98 Å². The molecule has 0 radical (unpaired) electrons. The molecule has 1 aliphatic rings. The van der Waals surface area contributed by atoms with Crippen molar-refractivity contribution in [3.05, 3.63) is 48.4 Å². The highest BCUT2D eigenvalue weighted by Crippen LogP contribution is 2.34. The molecule has 4 aromatic heterocycles. The minimum absolute atomic E-state index is 0.841. The molecule has 19 heavy (non-hydrogen) atoms. The number of fused-ring (bicyclic) bond motifs is 7. The lowest BCUT2D eigenvalue weighted by Crippen LogP contribution is -2.31. The zero-order chi connectivity index (χ0) is 12.4. The number of thiazole rings is 1. The zero-order valence-electron chi connectivity index (χ0n) is 9.95. The second-order valence-electron chi connectivity index (χ2n) is 4.66. The molecule has 1 aliphatic heterocycles. The molecule has 5 heteroatoms. The van der Waals surface area contributed by atoms with Crippen LogP contribution < -0.4 is 4.57 Å². The topological polar surface area (TPSA) is 34.1 Å². The Hall–Kier alpha value is -2.27. The Balaban J connectivity index is 1.94. The van der Waals surface area contributed by atoms with Gasteiger partial charge in [-0.05, 0) is 18.2 Å². The molecule has 0 bridgehead atoms. The van der Waals surface area contributed by atoms with Gasteiger partial charge in [-0.25, -0.2) is 4.57 Å². The number of pyridine rings is 2. The number of hydrogen-bond donors (Lipinski definition) is 0. The van der Waals surface area contributed by atoms with E-state index in [0.717, 1.165) is 22.7 Å². The Morgan fingerprint density at radius 2 is 2.21 bits per heavy atom. The fourth-order valence-corrected chi connectivity index (χ4v) is 3.95. The molecular formula is C14H9N4S+. The summed E-state index contributed by atoms with van der Waals surface area (Å²) in [4.78, 5) is 10.3. The third-order valence-corrected chi connectivity index (χ3v) is 4.70. The van der Waals surface area contributed by atoms with Gasteiger partial charge in [-0.1, -0.05) is 17.4 Å². The zero-order valence-corrected chi connectivity index (χ0v) is 10.8. The first kappa shape index (κ1) is 9.63. The molecule has 90 valence electrons. The third kappa shape index (κ3) is 1.11. The summed E-state index contributed by atoms with van der Waals surface area (Å²) in [5, 5.41) is 1.26. The number of hydrogen-bond acceptors (Lipinski definition) is 3. The van der Waals surface area contributed by atoms with Crippen LogP contribution in [0.4, 0.5) is 0 Å². The molecule has 0 spiro atoms. The lowest BCUT2D eigenvalue weighted by atomic mass is 10.2. The third-order valence-electron chi connectivity index (χ3n) is 3.60. The van der Waals surface area contributed by atoms with Gasteiger partial charge in [0, 0.05) is 12.3 Å². The minimum Gasteiger partial charge on any atom is -0.256 e. The number of imidazole rings is 1. The van der Waals surface area contributed by atoms with Crippen molar-refractivity contribution >= 4 is 27.5 Å². The van der Waals surface area contributed by atoms with Crippen molar-refractivity contribution in [1.82, 2.24) is 14.4 Å². The highest BCUT2D eigenvalue weighted by Gasteiger charge is 2.32. The lowest BCUT2D eigenvalue weighted by Gasteiger charge is -1.90. The number of nitrogens with zero attached hydrogens (tertiary/aromatic N) is 4. The van der Waals surface area contributed by atoms with Crippen LogP contribution in [0.5, 0.6) is 0 Å². The average Bonchev–Trinajstić information content (AvgIpc) is 3.05. The molecule has 5 rings (SSSR count). The summed E-state index contributed by atoms with van der Waals surface area (Å²) in [6.45, 7) is 0.841. The quantitative estimate of drug-likeness (QED) is 0.402. The van der Waals surface area contributed by atoms with E-state index in [0.29, 0.717) is 0 Å². The van der Waals surface area contributed by atoms with E-state index in [9.17, 15) is 0 Å². The SMILES string of the molecule is c1cnc2c(c1)-c1sc3nc4ccccn4c3[n+]1C2. The van der Waals surface area contributed by atoms with Crippen molar-refractivity contribution in [2.24, 2.45) is 0 Å². The summed E-state index contributed by atoms with van der Waals surface area (Å²) in [5.74, 6) is 0. The van der Waals surface area contributed by atoms with Crippen molar-refractivity contribution < 1.29 is 4.57 Å². The molecule has 4 aromatic rings. The van der Waals surface area contributed by atoms with Gasteiger partial charge in [0.15, 0.2) is 5.01 Å². The molecular weight excluding hydrogens is 256 g/mol. The van der Waals surface area contributed by atoms with Crippen molar-refractivity contribution in [1.29, 1.82) is 0 Å². The smallest absolute Gasteiger partial charge is 0.256 e. The number of aromatic nitrogens is 4. The maximum Gasteiger partial charge on any atom is 0.326 e. The molecule has 0 aliphatic carbocycles. The molecule has 0 fully saturated rings. The summed E-state index contributed by atoms with van der Waals surface area (Å²) in [5.41, 5.74) is 4.58. The Kier molecular flexibility index (Phi) is 1.62. The van der Waals surface area contributed by atoms with Gasteiger partial charge in [0.2, 0.25) is 10.5 Å². The van der Waals surface area contributed by atoms with Gasteiger partial charge in [-0.15, -0.1) is 0 Å². The van der Waals surface area contributed by atoms with E-state index >= 15 is 0 Å². The van der Waals surface area contributed by atoms with Crippen LogP contribution in [0, 0.1) is 0 Å². The van der Waals surface area contributed by atoms with Crippen molar-refractivity contribution in [2.45, 2.75) is 6.54 Å². The molecule has 0 amide bonds. The standard InChI is InChI=1S/C14H9N4S/c1-2-7-17-11(5-1)16-12-13(17)18-8-10-9(14(18)19-12)4-3-6-15-10/h1-7H,8H2/q+1. The fraction of sp³-hybridized carbons (Fsp3) is 0.0714. The van der Waals surface area contributed by atoms with E-state index in [1.165, 1.54) is 16.2 Å². The Morgan fingerprint density at radius 3 is 3.21 bits per heavy atom. The normalized spacial score (nSPS) is 13.1. The largest absolute Gasteiger partial charge is 0.326 e. The highest BCUT2D eigenvalue weighted by molar-refractivity contribution is 7.20. The van der Waals surface area contributed by atoms with Crippen molar-refractivity contribution in [3.63, 3.8) is 0 Å². The minimum atomic E-state index is 0.841. The first-order valence-electron chi connectivity index (χ1n) is 6.15. The van der Waals surface area contributed by atoms with E-state index < -0.39 is 0 Å². The van der Waals surface area contributed by atoms with Gasteiger partial charge in [0.1, 0.15) is 6.54 Å². The van der Waals surface area contributed by atoms with Gasteiger partial charge in [0.05, 0.1) is 17.5 Å². The van der Waals surface area contributed by atoms with Crippen LogP contribution in [0.3, 0.4) is 0 Å². The molecule has 0 saturated carbocycles. The van der Waals surface area contributed by atoms with Crippen LogP contribution in [0.15, 0.2) is 42.7 Å². The van der Waals surface area contributed by atoms with Crippen molar-refractivity contribution in [3.8, 4) is 10.6 Å². The van der Waals surface area contributed by atoms with E-state index in [-0.39, 0.29) is 0 Å². The molecule has 0 unspecified atom stereocenters.